The lowest BCUT2D eigenvalue weighted by atomic mass is 10.0. The van der Waals surface area contributed by atoms with E-state index in [2.05, 4.69) is 0 Å². The average Bonchev–Trinajstić information content (AvgIpc) is 2.47. The van der Waals surface area contributed by atoms with Crippen molar-refractivity contribution < 1.29 is 19.4 Å². The zero-order valence-corrected chi connectivity index (χ0v) is 12.5. The molecule has 0 unspecified atom stereocenters. The SMILES string of the molecule is COc1ccc(C(C)=O)cc1CC(=O)N1CCC(O)CC1. The van der Waals surface area contributed by atoms with Gasteiger partial charge in [-0.15, -0.1) is 0 Å². The Morgan fingerprint density at radius 2 is 2.00 bits per heavy atom. The number of ether oxygens (including phenoxy) is 1. The first-order valence-corrected chi connectivity index (χ1v) is 7.15. The van der Waals surface area contributed by atoms with Gasteiger partial charge < -0.3 is 14.7 Å². The molecule has 1 amide bonds. The molecule has 0 radical (unpaired) electrons. The Kier molecular flexibility index (Phi) is 4.96. The molecule has 0 atom stereocenters. The number of amides is 1. The zero-order chi connectivity index (χ0) is 15.4. The molecule has 1 aromatic rings. The van der Waals surface area contributed by atoms with E-state index in [9.17, 15) is 14.7 Å². The molecule has 0 spiro atoms. The standard InChI is InChI=1S/C16H21NO4/c1-11(18)12-3-4-15(21-2)13(9-12)10-16(20)17-7-5-14(19)6-8-17/h3-4,9,14,19H,5-8,10H2,1-2H3. The highest BCUT2D eigenvalue weighted by molar-refractivity contribution is 5.94. The Hall–Kier alpha value is -1.88. The number of piperidine rings is 1. The second kappa shape index (κ2) is 6.72. The largest absolute Gasteiger partial charge is 0.496 e. The monoisotopic (exact) mass is 291 g/mol. The van der Waals surface area contributed by atoms with Gasteiger partial charge in [-0.05, 0) is 38.0 Å². The molecule has 114 valence electrons. The van der Waals surface area contributed by atoms with Gasteiger partial charge in [0.2, 0.25) is 5.91 Å². The summed E-state index contributed by atoms with van der Waals surface area (Å²) in [6, 6.07) is 5.14. The van der Waals surface area contributed by atoms with Gasteiger partial charge in [0.05, 0.1) is 19.6 Å². The van der Waals surface area contributed by atoms with Gasteiger partial charge in [-0.3, -0.25) is 9.59 Å². The first-order chi connectivity index (χ1) is 10.0. The fourth-order valence-electron chi connectivity index (χ4n) is 2.53. The van der Waals surface area contributed by atoms with Crippen molar-refractivity contribution in [1.29, 1.82) is 0 Å². The number of ketones is 1. The van der Waals surface area contributed by atoms with Crippen LogP contribution in [0.25, 0.3) is 0 Å². The van der Waals surface area contributed by atoms with E-state index in [4.69, 9.17) is 4.74 Å². The van der Waals surface area contributed by atoms with Crippen molar-refractivity contribution in [1.82, 2.24) is 4.90 Å². The van der Waals surface area contributed by atoms with E-state index < -0.39 is 0 Å². The van der Waals surface area contributed by atoms with E-state index in [1.54, 1.807) is 30.2 Å². The van der Waals surface area contributed by atoms with E-state index in [1.807, 2.05) is 0 Å². The molecule has 1 aliphatic rings. The zero-order valence-electron chi connectivity index (χ0n) is 12.5. The Labute approximate surface area is 124 Å². The summed E-state index contributed by atoms with van der Waals surface area (Å²) in [6.07, 6.45) is 1.15. The molecule has 5 nitrogen and oxygen atoms in total. The van der Waals surface area contributed by atoms with Gasteiger partial charge in [0.25, 0.3) is 0 Å². The highest BCUT2D eigenvalue weighted by Crippen LogP contribution is 2.22. The van der Waals surface area contributed by atoms with E-state index in [1.165, 1.54) is 6.92 Å². The first-order valence-electron chi connectivity index (χ1n) is 7.15. The minimum atomic E-state index is -0.301. The van der Waals surface area contributed by atoms with E-state index in [-0.39, 0.29) is 24.2 Å². The molecule has 2 rings (SSSR count). The number of aliphatic hydroxyl groups is 1. The number of likely N-dealkylation sites (tertiary alicyclic amines) is 1. The van der Waals surface area contributed by atoms with Crippen LogP contribution >= 0.6 is 0 Å². The second-order valence-electron chi connectivity index (χ2n) is 5.37. The number of nitrogens with zero attached hydrogens (tertiary/aromatic N) is 1. The van der Waals surface area contributed by atoms with Crippen LogP contribution in [-0.4, -0.2) is 48.0 Å². The summed E-state index contributed by atoms with van der Waals surface area (Å²) in [5.74, 6) is 0.582. The van der Waals surface area contributed by atoms with Crippen LogP contribution < -0.4 is 4.74 Å². The predicted octanol–water partition coefficient (Wildman–Crippen LogP) is 1.42. The van der Waals surface area contributed by atoms with Gasteiger partial charge in [-0.2, -0.15) is 0 Å². The van der Waals surface area contributed by atoms with Crippen LogP contribution in [0, 0.1) is 0 Å². The lowest BCUT2D eigenvalue weighted by Gasteiger charge is -2.29. The molecule has 1 N–H and O–H groups in total. The summed E-state index contributed by atoms with van der Waals surface area (Å²) in [6.45, 7) is 2.66. The molecule has 5 heteroatoms. The molecule has 1 aliphatic heterocycles. The number of aliphatic hydroxyl groups excluding tert-OH is 1. The van der Waals surface area contributed by atoms with Crippen molar-refractivity contribution in [2.24, 2.45) is 0 Å². The molecule has 1 aromatic carbocycles. The highest BCUT2D eigenvalue weighted by atomic mass is 16.5. The maximum absolute atomic E-state index is 12.3. The lowest BCUT2D eigenvalue weighted by molar-refractivity contribution is -0.132. The van der Waals surface area contributed by atoms with Crippen molar-refractivity contribution >= 4 is 11.7 Å². The number of Topliss-reactive ketones (excluding diaryl/α,β-unsaturated/α-hetero) is 1. The van der Waals surface area contributed by atoms with Crippen LogP contribution in [-0.2, 0) is 11.2 Å². The second-order valence-corrected chi connectivity index (χ2v) is 5.37. The number of carbonyl (C=O) groups is 2. The Bertz CT molecular complexity index is 533. The third-order valence-corrected chi connectivity index (χ3v) is 3.85. The van der Waals surface area contributed by atoms with Crippen LogP contribution in [0.2, 0.25) is 0 Å². The minimum absolute atomic E-state index is 0.000835. The third-order valence-electron chi connectivity index (χ3n) is 3.85. The molecule has 0 bridgehead atoms. The smallest absolute Gasteiger partial charge is 0.227 e. The van der Waals surface area contributed by atoms with Crippen molar-refractivity contribution in [3.8, 4) is 5.75 Å². The summed E-state index contributed by atoms with van der Waals surface area (Å²) < 4.78 is 5.26. The number of methoxy groups -OCH3 is 1. The molecule has 0 saturated carbocycles. The number of rotatable bonds is 4. The third kappa shape index (κ3) is 3.82. The maximum atomic E-state index is 12.3. The van der Waals surface area contributed by atoms with Crippen LogP contribution in [0.15, 0.2) is 18.2 Å². The normalized spacial score (nSPS) is 15.9. The molecule has 1 saturated heterocycles. The number of hydrogen-bond donors (Lipinski definition) is 1. The first kappa shape index (κ1) is 15.5. The lowest BCUT2D eigenvalue weighted by Crippen LogP contribution is -2.40. The molecule has 1 fully saturated rings. The molecular formula is C16H21NO4. The van der Waals surface area contributed by atoms with Crippen molar-refractivity contribution in [3.05, 3.63) is 29.3 Å². The summed E-state index contributed by atoms with van der Waals surface area (Å²) in [4.78, 5) is 25.5. The molecule has 0 aliphatic carbocycles. The van der Waals surface area contributed by atoms with Gasteiger partial charge in [-0.25, -0.2) is 0 Å². The summed E-state index contributed by atoms with van der Waals surface area (Å²) >= 11 is 0. The topological polar surface area (TPSA) is 66.8 Å². The fourth-order valence-corrected chi connectivity index (χ4v) is 2.53. The number of benzene rings is 1. The van der Waals surface area contributed by atoms with Crippen LogP contribution in [0.5, 0.6) is 5.75 Å². The van der Waals surface area contributed by atoms with Gasteiger partial charge in [0.1, 0.15) is 5.75 Å². The van der Waals surface area contributed by atoms with Crippen LogP contribution in [0.1, 0.15) is 35.7 Å². The average molecular weight is 291 g/mol. The van der Waals surface area contributed by atoms with Gasteiger partial charge in [-0.1, -0.05) is 0 Å². The summed E-state index contributed by atoms with van der Waals surface area (Å²) in [5, 5.41) is 9.48. The Morgan fingerprint density at radius 1 is 1.33 bits per heavy atom. The molecule has 21 heavy (non-hydrogen) atoms. The van der Waals surface area contributed by atoms with Crippen molar-refractivity contribution in [3.63, 3.8) is 0 Å². The fraction of sp³-hybridized carbons (Fsp3) is 0.500. The summed E-state index contributed by atoms with van der Waals surface area (Å²) in [5.41, 5.74) is 1.30. The van der Waals surface area contributed by atoms with E-state index in [0.29, 0.717) is 37.2 Å². The van der Waals surface area contributed by atoms with Crippen LogP contribution in [0.4, 0.5) is 0 Å². The van der Waals surface area contributed by atoms with E-state index >= 15 is 0 Å². The molecular weight excluding hydrogens is 270 g/mol. The predicted molar refractivity (Wildman–Crippen MR) is 78.5 cm³/mol. The molecule has 0 aromatic heterocycles. The van der Waals surface area contributed by atoms with Crippen molar-refractivity contribution in [2.75, 3.05) is 20.2 Å². The highest BCUT2D eigenvalue weighted by Gasteiger charge is 2.22. The Morgan fingerprint density at radius 3 is 2.57 bits per heavy atom. The van der Waals surface area contributed by atoms with Crippen LogP contribution in [0.3, 0.4) is 0 Å². The maximum Gasteiger partial charge on any atom is 0.227 e. The van der Waals surface area contributed by atoms with Gasteiger partial charge in [0.15, 0.2) is 5.78 Å². The molecule has 1 heterocycles. The van der Waals surface area contributed by atoms with Crippen molar-refractivity contribution in [2.45, 2.75) is 32.3 Å². The van der Waals surface area contributed by atoms with E-state index in [0.717, 1.165) is 5.56 Å². The minimum Gasteiger partial charge on any atom is -0.496 e. The number of carbonyl (C=O) groups excluding carboxylic acids is 2. The summed E-state index contributed by atoms with van der Waals surface area (Å²) in [7, 11) is 1.55. The van der Waals surface area contributed by atoms with Gasteiger partial charge in [0, 0.05) is 24.2 Å². The number of hydrogen-bond acceptors (Lipinski definition) is 4. The van der Waals surface area contributed by atoms with Gasteiger partial charge >= 0.3 is 0 Å². The Balaban J connectivity index is 2.12. The quantitative estimate of drug-likeness (QED) is 0.852.